The van der Waals surface area contributed by atoms with Crippen LogP contribution in [0.1, 0.15) is 23.1 Å². The maximum atomic E-state index is 2.35. The second kappa shape index (κ2) is 7.99. The van der Waals surface area contributed by atoms with Crippen molar-refractivity contribution in [2.24, 2.45) is 0 Å². The van der Waals surface area contributed by atoms with E-state index in [2.05, 4.69) is 66.7 Å². The number of hydrogen-bond acceptors (Lipinski definition) is 0. The molecule has 1 aliphatic heterocycles. The van der Waals surface area contributed by atoms with Crippen LogP contribution in [0.15, 0.2) is 60.7 Å². The molecule has 0 bridgehead atoms. The molecule has 1 aliphatic carbocycles. The average molecular weight is 335 g/mol. The Labute approximate surface area is 151 Å². The van der Waals surface area contributed by atoms with E-state index in [9.17, 15) is 0 Å². The molecule has 0 radical (unpaired) electrons. The number of nitrogens with one attached hydrogen (secondary N) is 2. The Kier molecular flexibility index (Phi) is 5.29. The predicted molar refractivity (Wildman–Crippen MR) is 104 cm³/mol. The van der Waals surface area contributed by atoms with Crippen LogP contribution in [0.5, 0.6) is 0 Å². The number of piperazine rings is 1. The van der Waals surface area contributed by atoms with Gasteiger partial charge in [0.25, 0.3) is 0 Å². The van der Waals surface area contributed by atoms with Crippen LogP contribution in [-0.4, -0.2) is 38.8 Å². The lowest BCUT2D eigenvalue weighted by Crippen LogP contribution is -3.29. The minimum atomic E-state index is 0.844. The fraction of sp³-hybridized carbons (Fsp3) is 0.391. The molecule has 4 rings (SSSR count). The second-order valence-corrected chi connectivity index (χ2v) is 7.63. The van der Waals surface area contributed by atoms with Crippen molar-refractivity contribution >= 4 is 6.08 Å². The maximum absolute atomic E-state index is 2.35. The summed E-state index contributed by atoms with van der Waals surface area (Å²) in [7, 11) is 0. The standard InChI is InChI=1S/C23H28N2/c1-2-7-20(8-3-1)9-6-14-24-15-17-25(18-16-24)23-13-12-21-10-4-5-11-22(21)19-23/h1-11,23H,12-19H2/p+2/b9-6+/t23-/m0/s1. The molecular formula is C23H30N2+2. The summed E-state index contributed by atoms with van der Waals surface area (Å²) < 4.78 is 0. The fourth-order valence-electron chi connectivity index (χ4n) is 4.51. The summed E-state index contributed by atoms with van der Waals surface area (Å²) in [5.41, 5.74) is 4.51. The Morgan fingerprint density at radius 2 is 1.56 bits per heavy atom. The van der Waals surface area contributed by atoms with Crippen LogP contribution in [0, 0.1) is 0 Å². The van der Waals surface area contributed by atoms with Gasteiger partial charge in [0.2, 0.25) is 0 Å². The largest absolute Gasteiger partial charge is 0.323 e. The fourth-order valence-corrected chi connectivity index (χ4v) is 4.51. The first-order valence-corrected chi connectivity index (χ1v) is 9.85. The van der Waals surface area contributed by atoms with Crippen molar-refractivity contribution in [1.29, 1.82) is 0 Å². The molecule has 1 heterocycles. The highest BCUT2D eigenvalue weighted by molar-refractivity contribution is 5.48. The number of aryl methyl sites for hydroxylation is 1. The Morgan fingerprint density at radius 3 is 2.36 bits per heavy atom. The van der Waals surface area contributed by atoms with Crippen molar-refractivity contribution in [3.8, 4) is 0 Å². The van der Waals surface area contributed by atoms with Crippen molar-refractivity contribution in [1.82, 2.24) is 0 Å². The number of rotatable bonds is 4. The zero-order valence-electron chi connectivity index (χ0n) is 15.1. The van der Waals surface area contributed by atoms with Gasteiger partial charge >= 0.3 is 0 Å². The molecule has 0 aromatic heterocycles. The molecular weight excluding hydrogens is 304 g/mol. The molecule has 25 heavy (non-hydrogen) atoms. The Balaban J connectivity index is 1.26. The summed E-state index contributed by atoms with van der Waals surface area (Å²) in [4.78, 5) is 3.59. The van der Waals surface area contributed by atoms with E-state index in [4.69, 9.17) is 0 Å². The van der Waals surface area contributed by atoms with Gasteiger partial charge in [-0.05, 0) is 29.2 Å². The summed E-state index contributed by atoms with van der Waals surface area (Å²) >= 11 is 0. The highest BCUT2D eigenvalue weighted by Crippen LogP contribution is 2.19. The molecule has 2 aliphatic rings. The van der Waals surface area contributed by atoms with E-state index in [1.165, 1.54) is 51.0 Å². The molecule has 2 N–H and O–H groups in total. The van der Waals surface area contributed by atoms with E-state index < -0.39 is 0 Å². The van der Waals surface area contributed by atoms with Crippen LogP contribution in [0.4, 0.5) is 0 Å². The van der Waals surface area contributed by atoms with Crippen molar-refractivity contribution in [2.75, 3.05) is 32.7 Å². The van der Waals surface area contributed by atoms with Crippen LogP contribution in [0.25, 0.3) is 6.08 Å². The first-order valence-electron chi connectivity index (χ1n) is 9.85. The monoisotopic (exact) mass is 334 g/mol. The molecule has 2 aromatic carbocycles. The Morgan fingerprint density at radius 1 is 0.840 bits per heavy atom. The van der Waals surface area contributed by atoms with Crippen LogP contribution >= 0.6 is 0 Å². The lowest BCUT2D eigenvalue weighted by molar-refractivity contribution is -1.02. The molecule has 1 saturated heterocycles. The Hall–Kier alpha value is -1.90. The van der Waals surface area contributed by atoms with Gasteiger partial charge in [-0.15, -0.1) is 0 Å². The molecule has 0 amide bonds. The van der Waals surface area contributed by atoms with Gasteiger partial charge < -0.3 is 9.80 Å². The minimum Gasteiger partial charge on any atom is -0.323 e. The van der Waals surface area contributed by atoms with Gasteiger partial charge in [0.15, 0.2) is 0 Å². The molecule has 0 unspecified atom stereocenters. The molecule has 130 valence electrons. The summed E-state index contributed by atoms with van der Waals surface area (Å²) in [6.07, 6.45) is 8.56. The van der Waals surface area contributed by atoms with Gasteiger partial charge in [-0.3, -0.25) is 0 Å². The molecule has 2 aromatic rings. The van der Waals surface area contributed by atoms with E-state index in [-0.39, 0.29) is 0 Å². The third kappa shape index (κ3) is 4.20. The van der Waals surface area contributed by atoms with Gasteiger partial charge in [0.1, 0.15) is 26.2 Å². The summed E-state index contributed by atoms with van der Waals surface area (Å²) in [6.45, 7) is 6.46. The molecule has 2 heteroatoms. The minimum absolute atomic E-state index is 0.844. The summed E-state index contributed by atoms with van der Waals surface area (Å²) in [5.74, 6) is 0. The van der Waals surface area contributed by atoms with Crippen LogP contribution in [-0.2, 0) is 12.8 Å². The Bertz CT molecular complexity index is 699. The highest BCUT2D eigenvalue weighted by atomic mass is 15.3. The van der Waals surface area contributed by atoms with E-state index >= 15 is 0 Å². The third-order valence-corrected chi connectivity index (χ3v) is 6.04. The first-order chi connectivity index (χ1) is 12.4. The smallest absolute Gasteiger partial charge is 0.127 e. The number of hydrogen-bond donors (Lipinski definition) is 2. The van der Waals surface area contributed by atoms with Gasteiger partial charge in [-0.2, -0.15) is 0 Å². The van der Waals surface area contributed by atoms with Crippen LogP contribution in [0.2, 0.25) is 0 Å². The second-order valence-electron chi connectivity index (χ2n) is 7.63. The summed E-state index contributed by atoms with van der Waals surface area (Å²) in [6, 6.07) is 20.6. The van der Waals surface area contributed by atoms with E-state index in [1.807, 2.05) is 4.90 Å². The van der Waals surface area contributed by atoms with Gasteiger partial charge in [0, 0.05) is 12.8 Å². The molecule has 0 saturated carbocycles. The zero-order valence-corrected chi connectivity index (χ0v) is 15.1. The maximum Gasteiger partial charge on any atom is 0.127 e. The van der Waals surface area contributed by atoms with Gasteiger partial charge in [0.05, 0.1) is 12.6 Å². The highest BCUT2D eigenvalue weighted by Gasteiger charge is 2.31. The van der Waals surface area contributed by atoms with Crippen LogP contribution in [0.3, 0.4) is 0 Å². The predicted octanol–water partition coefficient (Wildman–Crippen LogP) is 1.04. The molecule has 2 nitrogen and oxygen atoms in total. The zero-order chi connectivity index (χ0) is 16.9. The number of benzene rings is 2. The topological polar surface area (TPSA) is 8.88 Å². The summed E-state index contributed by atoms with van der Waals surface area (Å²) in [5, 5.41) is 0. The lowest BCUT2D eigenvalue weighted by Gasteiger charge is -2.36. The van der Waals surface area contributed by atoms with Crippen LogP contribution < -0.4 is 9.80 Å². The molecule has 1 fully saturated rings. The molecule has 0 spiro atoms. The first kappa shape index (κ1) is 16.6. The quantitative estimate of drug-likeness (QED) is 0.827. The van der Waals surface area contributed by atoms with Gasteiger partial charge in [-0.25, -0.2) is 0 Å². The van der Waals surface area contributed by atoms with Gasteiger partial charge in [-0.1, -0.05) is 60.7 Å². The van der Waals surface area contributed by atoms with E-state index in [0.717, 1.165) is 12.6 Å². The van der Waals surface area contributed by atoms with Crippen molar-refractivity contribution in [2.45, 2.75) is 25.3 Å². The normalized spacial score (nSPS) is 26.5. The third-order valence-electron chi connectivity index (χ3n) is 6.04. The molecule has 1 atom stereocenters. The number of fused-ring (bicyclic) bond motifs is 1. The van der Waals surface area contributed by atoms with Crippen molar-refractivity contribution in [3.05, 3.63) is 77.4 Å². The van der Waals surface area contributed by atoms with E-state index in [1.54, 1.807) is 16.0 Å². The lowest BCUT2D eigenvalue weighted by atomic mass is 9.87. The van der Waals surface area contributed by atoms with E-state index in [0.29, 0.717) is 0 Å². The average Bonchev–Trinajstić information content (AvgIpc) is 2.69. The SMILES string of the molecule is C(=C\c1ccccc1)/C[NH+]1CC[NH+]([C@H]2CCc3ccccc3C2)CC1. The number of quaternary nitrogens is 2. The van der Waals surface area contributed by atoms with Crippen molar-refractivity contribution < 1.29 is 9.80 Å². The van der Waals surface area contributed by atoms with Crippen molar-refractivity contribution in [3.63, 3.8) is 0 Å².